The van der Waals surface area contributed by atoms with E-state index in [4.69, 9.17) is 14.7 Å². The SMILES string of the molecule is Cc1nc2nc(C)c(OC3CCN(c4cnc(-c5ccc(CN6CCN(C)CC6)cc5)cn4)C3)c(C)n2n1. The summed E-state index contributed by atoms with van der Waals surface area (Å²) < 4.78 is 8.18. The average Bonchev–Trinajstić information content (AvgIpc) is 3.55. The smallest absolute Gasteiger partial charge is 0.253 e. The van der Waals surface area contributed by atoms with E-state index in [1.165, 1.54) is 5.56 Å². The summed E-state index contributed by atoms with van der Waals surface area (Å²) in [5.74, 6) is 2.97. The van der Waals surface area contributed by atoms with Crippen molar-refractivity contribution >= 4 is 11.6 Å². The second-order valence-corrected chi connectivity index (χ2v) is 10.5. The highest BCUT2D eigenvalue weighted by Crippen LogP contribution is 2.27. The lowest BCUT2D eigenvalue weighted by Crippen LogP contribution is -2.43. The summed E-state index contributed by atoms with van der Waals surface area (Å²) in [7, 11) is 2.19. The zero-order chi connectivity index (χ0) is 26.2. The monoisotopic (exact) mass is 513 g/mol. The number of aryl methyl sites for hydroxylation is 3. The predicted octanol–water partition coefficient (Wildman–Crippen LogP) is 2.91. The van der Waals surface area contributed by atoms with Crippen LogP contribution in [0.2, 0.25) is 0 Å². The van der Waals surface area contributed by atoms with Crippen molar-refractivity contribution in [2.24, 2.45) is 0 Å². The Morgan fingerprint density at radius 2 is 1.71 bits per heavy atom. The molecule has 1 aromatic carbocycles. The summed E-state index contributed by atoms with van der Waals surface area (Å²) in [6, 6.07) is 8.73. The first-order valence-corrected chi connectivity index (χ1v) is 13.4. The highest BCUT2D eigenvalue weighted by Gasteiger charge is 2.27. The molecule has 10 nitrogen and oxygen atoms in total. The first-order valence-electron chi connectivity index (χ1n) is 13.4. The Hall–Kier alpha value is -3.63. The average molecular weight is 514 g/mol. The van der Waals surface area contributed by atoms with E-state index in [0.29, 0.717) is 11.6 Å². The molecule has 2 saturated heterocycles. The van der Waals surface area contributed by atoms with Gasteiger partial charge < -0.3 is 14.5 Å². The minimum atomic E-state index is 0.0468. The molecule has 5 heterocycles. The molecular weight excluding hydrogens is 478 g/mol. The number of likely N-dealkylation sites (N-methyl/N-ethyl adjacent to an activating group) is 1. The van der Waals surface area contributed by atoms with Crippen molar-refractivity contribution in [3.8, 4) is 17.0 Å². The molecule has 1 atom stereocenters. The molecule has 2 aliphatic rings. The lowest BCUT2D eigenvalue weighted by Gasteiger charge is -2.32. The highest BCUT2D eigenvalue weighted by molar-refractivity contribution is 5.59. The maximum atomic E-state index is 6.42. The number of hydrogen-bond donors (Lipinski definition) is 0. The molecule has 3 aromatic heterocycles. The third-order valence-electron chi connectivity index (χ3n) is 7.58. The van der Waals surface area contributed by atoms with Gasteiger partial charge in [-0.15, -0.1) is 5.10 Å². The van der Waals surface area contributed by atoms with Crippen molar-refractivity contribution in [2.75, 3.05) is 51.2 Å². The van der Waals surface area contributed by atoms with Crippen LogP contribution in [0.4, 0.5) is 5.82 Å². The van der Waals surface area contributed by atoms with E-state index in [1.54, 1.807) is 4.52 Å². The zero-order valence-corrected chi connectivity index (χ0v) is 22.6. The lowest BCUT2D eigenvalue weighted by molar-refractivity contribution is 0.148. The van der Waals surface area contributed by atoms with Crippen LogP contribution in [0.15, 0.2) is 36.7 Å². The molecule has 2 fully saturated rings. The van der Waals surface area contributed by atoms with E-state index in [9.17, 15) is 0 Å². The molecule has 0 radical (unpaired) electrons. The van der Waals surface area contributed by atoms with Gasteiger partial charge in [0.2, 0.25) is 0 Å². The van der Waals surface area contributed by atoms with Gasteiger partial charge in [0.15, 0.2) is 5.75 Å². The zero-order valence-electron chi connectivity index (χ0n) is 22.6. The van der Waals surface area contributed by atoms with Gasteiger partial charge in [-0.3, -0.25) is 9.88 Å². The molecule has 38 heavy (non-hydrogen) atoms. The fourth-order valence-corrected chi connectivity index (χ4v) is 5.31. The Morgan fingerprint density at radius 3 is 2.45 bits per heavy atom. The summed E-state index contributed by atoms with van der Waals surface area (Å²) in [5, 5.41) is 4.45. The number of fused-ring (bicyclic) bond motifs is 1. The second-order valence-electron chi connectivity index (χ2n) is 10.5. The van der Waals surface area contributed by atoms with E-state index in [2.05, 4.69) is 61.1 Å². The number of benzene rings is 1. The van der Waals surface area contributed by atoms with E-state index in [-0.39, 0.29) is 6.10 Å². The van der Waals surface area contributed by atoms with Crippen molar-refractivity contribution in [3.63, 3.8) is 0 Å². The molecule has 1 unspecified atom stereocenters. The first-order chi connectivity index (χ1) is 18.4. The van der Waals surface area contributed by atoms with Crippen LogP contribution in [0.25, 0.3) is 17.0 Å². The van der Waals surface area contributed by atoms with Gasteiger partial charge in [-0.2, -0.15) is 9.50 Å². The van der Waals surface area contributed by atoms with Crippen molar-refractivity contribution in [1.82, 2.24) is 39.3 Å². The quantitative estimate of drug-likeness (QED) is 0.386. The number of rotatable bonds is 6. The van der Waals surface area contributed by atoms with Crippen molar-refractivity contribution in [2.45, 2.75) is 39.8 Å². The molecule has 4 aromatic rings. The van der Waals surface area contributed by atoms with Crippen LogP contribution in [0, 0.1) is 20.8 Å². The fraction of sp³-hybridized carbons (Fsp3) is 0.464. The summed E-state index contributed by atoms with van der Waals surface area (Å²) in [6.07, 6.45) is 4.70. The summed E-state index contributed by atoms with van der Waals surface area (Å²) in [4.78, 5) is 25.6. The maximum Gasteiger partial charge on any atom is 0.253 e. The summed E-state index contributed by atoms with van der Waals surface area (Å²) in [6.45, 7) is 13.0. The van der Waals surface area contributed by atoms with Crippen LogP contribution in [-0.2, 0) is 6.54 Å². The Kier molecular flexibility index (Phi) is 6.67. The van der Waals surface area contributed by atoms with Gasteiger partial charge in [-0.1, -0.05) is 24.3 Å². The number of piperazine rings is 1. The van der Waals surface area contributed by atoms with Crippen LogP contribution in [-0.4, -0.2) is 91.8 Å². The van der Waals surface area contributed by atoms with E-state index < -0.39 is 0 Å². The van der Waals surface area contributed by atoms with Gasteiger partial charge in [0.25, 0.3) is 5.78 Å². The normalized spacial score (nSPS) is 18.9. The minimum Gasteiger partial charge on any atom is -0.485 e. The third-order valence-corrected chi connectivity index (χ3v) is 7.58. The number of anilines is 1. The van der Waals surface area contributed by atoms with Gasteiger partial charge in [-0.05, 0) is 33.4 Å². The number of ether oxygens (including phenoxy) is 1. The van der Waals surface area contributed by atoms with Gasteiger partial charge >= 0.3 is 0 Å². The van der Waals surface area contributed by atoms with Crippen LogP contribution in [0.1, 0.15) is 29.2 Å². The summed E-state index contributed by atoms with van der Waals surface area (Å²) in [5.41, 5.74) is 5.07. The van der Waals surface area contributed by atoms with Crippen molar-refractivity contribution < 1.29 is 4.74 Å². The largest absolute Gasteiger partial charge is 0.485 e. The molecule has 0 spiro atoms. The molecular formula is C28H35N9O. The van der Waals surface area contributed by atoms with Gasteiger partial charge in [0, 0.05) is 51.3 Å². The van der Waals surface area contributed by atoms with Crippen LogP contribution in [0.3, 0.4) is 0 Å². The Labute approximate surface area is 223 Å². The number of hydrogen-bond acceptors (Lipinski definition) is 9. The van der Waals surface area contributed by atoms with Gasteiger partial charge in [0.1, 0.15) is 17.7 Å². The highest BCUT2D eigenvalue weighted by atomic mass is 16.5. The molecule has 0 N–H and O–H groups in total. The molecule has 10 heteroatoms. The summed E-state index contributed by atoms with van der Waals surface area (Å²) >= 11 is 0. The lowest BCUT2D eigenvalue weighted by atomic mass is 10.1. The second kappa shape index (κ2) is 10.3. The van der Waals surface area contributed by atoms with Crippen LogP contribution >= 0.6 is 0 Å². The molecule has 2 aliphatic heterocycles. The maximum absolute atomic E-state index is 6.42. The van der Waals surface area contributed by atoms with Gasteiger partial charge in [-0.25, -0.2) is 9.97 Å². The topological polar surface area (TPSA) is 87.8 Å². The molecule has 6 rings (SSSR count). The molecule has 0 saturated carbocycles. The van der Waals surface area contributed by atoms with Crippen molar-refractivity contribution in [3.05, 3.63) is 59.4 Å². The Morgan fingerprint density at radius 1 is 0.921 bits per heavy atom. The molecule has 0 aliphatic carbocycles. The van der Waals surface area contributed by atoms with E-state index >= 15 is 0 Å². The van der Waals surface area contributed by atoms with Gasteiger partial charge in [0.05, 0.1) is 36.0 Å². The first kappa shape index (κ1) is 24.7. The third kappa shape index (κ3) is 5.06. The predicted molar refractivity (Wildman–Crippen MR) is 146 cm³/mol. The number of aromatic nitrogens is 6. The number of nitrogens with zero attached hydrogens (tertiary/aromatic N) is 9. The Balaban J connectivity index is 1.08. The standard InChI is InChI=1S/C28H35N9O/c1-19-27(20(2)37-28(31-19)32-21(3)33-37)38-24-9-10-36(18-24)26-16-29-25(15-30-26)23-7-5-22(6-8-23)17-35-13-11-34(4)12-14-35/h5-8,15-16,24H,9-14,17-18H2,1-4H3. The fourth-order valence-electron chi connectivity index (χ4n) is 5.31. The molecule has 0 bridgehead atoms. The van der Waals surface area contributed by atoms with Crippen molar-refractivity contribution in [1.29, 1.82) is 0 Å². The van der Waals surface area contributed by atoms with E-state index in [1.807, 2.05) is 33.2 Å². The Bertz CT molecular complexity index is 1410. The van der Waals surface area contributed by atoms with E-state index in [0.717, 1.165) is 86.4 Å². The van der Waals surface area contributed by atoms with Crippen LogP contribution < -0.4 is 9.64 Å². The minimum absolute atomic E-state index is 0.0468. The molecule has 0 amide bonds. The van der Waals surface area contributed by atoms with Crippen LogP contribution in [0.5, 0.6) is 5.75 Å². The molecule has 198 valence electrons.